The fourth-order valence-electron chi connectivity index (χ4n) is 1.81. The summed E-state index contributed by atoms with van der Waals surface area (Å²) in [5.41, 5.74) is 1.20. The Bertz CT molecular complexity index is 631. The fourth-order valence-corrected chi connectivity index (χ4v) is 2.06. The van der Waals surface area contributed by atoms with Gasteiger partial charge >= 0.3 is 0 Å². The molecule has 0 aliphatic rings. The number of halogens is 2. The van der Waals surface area contributed by atoms with Crippen LogP contribution >= 0.6 is 15.9 Å². The van der Waals surface area contributed by atoms with Crippen molar-refractivity contribution in [3.8, 4) is 0 Å². The maximum Gasteiger partial charge on any atom is 0.269 e. The minimum Gasteiger partial charge on any atom is -0.388 e. The van der Waals surface area contributed by atoms with E-state index in [4.69, 9.17) is 0 Å². The van der Waals surface area contributed by atoms with Crippen molar-refractivity contribution in [2.24, 2.45) is 0 Å². The third kappa shape index (κ3) is 3.40. The highest BCUT2D eigenvalue weighted by Gasteiger charge is 2.12. The van der Waals surface area contributed by atoms with E-state index < -0.39 is 16.8 Å². The van der Waals surface area contributed by atoms with Gasteiger partial charge in [0.2, 0.25) is 0 Å². The van der Waals surface area contributed by atoms with Crippen LogP contribution in [0, 0.1) is 15.9 Å². The second-order valence-corrected chi connectivity index (χ2v) is 5.17. The predicted molar refractivity (Wildman–Crippen MR) is 75.9 cm³/mol. The van der Waals surface area contributed by atoms with Gasteiger partial charge in [0.05, 0.1) is 15.5 Å². The first-order valence-electron chi connectivity index (χ1n) is 5.83. The Morgan fingerprint density at radius 1 is 1.25 bits per heavy atom. The van der Waals surface area contributed by atoms with E-state index in [1.165, 1.54) is 24.3 Å². The van der Waals surface area contributed by atoms with Crippen LogP contribution in [0.5, 0.6) is 0 Å². The lowest BCUT2D eigenvalue weighted by Gasteiger charge is -2.11. The average Bonchev–Trinajstić information content (AvgIpc) is 2.42. The van der Waals surface area contributed by atoms with Gasteiger partial charge in [-0.3, -0.25) is 10.1 Å². The summed E-state index contributed by atoms with van der Waals surface area (Å²) in [4.78, 5) is 10.1. The molecule has 104 valence electrons. The monoisotopic (exact) mass is 339 g/mol. The van der Waals surface area contributed by atoms with Crippen LogP contribution in [0.25, 0.3) is 0 Å². The Balaban J connectivity index is 2.12. The van der Waals surface area contributed by atoms with E-state index in [0.29, 0.717) is 10.0 Å². The minimum atomic E-state index is -0.862. The van der Waals surface area contributed by atoms with Gasteiger partial charge in [-0.15, -0.1) is 0 Å². The molecule has 0 bridgehead atoms. The summed E-state index contributed by atoms with van der Waals surface area (Å²) >= 11 is 3.05. The summed E-state index contributed by atoms with van der Waals surface area (Å²) in [6, 6.07) is 10.3. The number of non-ortho nitro benzene ring substituents is 1. The summed E-state index contributed by atoms with van der Waals surface area (Å²) in [6.07, 6.45) is -0.599. The standard InChI is InChI=1S/C14H11BrFNO3/c15-12-6-3-10(8-13(12)16)14(18)7-9-1-4-11(5-2-9)17(19)20/h1-6,8,14,18H,7H2. The number of nitro benzene ring substituents is 1. The molecule has 0 amide bonds. The fraction of sp³-hybridized carbons (Fsp3) is 0.143. The topological polar surface area (TPSA) is 63.4 Å². The molecular weight excluding hydrogens is 329 g/mol. The van der Waals surface area contributed by atoms with Gasteiger partial charge in [-0.05, 0) is 39.2 Å². The third-order valence-corrected chi connectivity index (χ3v) is 3.55. The molecule has 1 unspecified atom stereocenters. The predicted octanol–water partition coefficient (Wildman–Crippen LogP) is 3.77. The number of rotatable bonds is 4. The molecule has 0 aromatic heterocycles. The average molecular weight is 340 g/mol. The SMILES string of the molecule is O=[N+]([O-])c1ccc(CC(O)c2ccc(Br)c(F)c2)cc1. The molecule has 0 fully saturated rings. The molecule has 4 nitrogen and oxygen atoms in total. The number of benzene rings is 2. The number of hydrogen-bond acceptors (Lipinski definition) is 3. The first-order chi connectivity index (χ1) is 9.47. The van der Waals surface area contributed by atoms with E-state index in [0.717, 1.165) is 5.56 Å². The zero-order valence-electron chi connectivity index (χ0n) is 10.3. The maximum atomic E-state index is 13.4. The molecule has 2 rings (SSSR count). The zero-order chi connectivity index (χ0) is 14.7. The van der Waals surface area contributed by atoms with Crippen LogP contribution in [-0.2, 0) is 6.42 Å². The summed E-state index contributed by atoms with van der Waals surface area (Å²) < 4.78 is 13.7. The van der Waals surface area contributed by atoms with Crippen molar-refractivity contribution in [3.63, 3.8) is 0 Å². The molecule has 0 aliphatic heterocycles. The highest BCUT2D eigenvalue weighted by atomic mass is 79.9. The van der Waals surface area contributed by atoms with E-state index in [1.54, 1.807) is 18.2 Å². The second kappa shape index (κ2) is 6.11. The van der Waals surface area contributed by atoms with E-state index in [2.05, 4.69) is 15.9 Å². The van der Waals surface area contributed by atoms with Crippen LogP contribution in [0.1, 0.15) is 17.2 Å². The van der Waals surface area contributed by atoms with Gasteiger partial charge in [0.25, 0.3) is 5.69 Å². The van der Waals surface area contributed by atoms with E-state index in [-0.39, 0.29) is 12.1 Å². The van der Waals surface area contributed by atoms with Crippen molar-refractivity contribution in [2.75, 3.05) is 0 Å². The Morgan fingerprint density at radius 3 is 2.45 bits per heavy atom. The lowest BCUT2D eigenvalue weighted by atomic mass is 10.0. The molecule has 0 saturated carbocycles. The zero-order valence-corrected chi connectivity index (χ0v) is 11.9. The summed E-state index contributed by atoms with van der Waals surface area (Å²) in [6.45, 7) is 0. The minimum absolute atomic E-state index is 0.00192. The normalized spacial score (nSPS) is 12.2. The van der Waals surface area contributed by atoms with Crippen LogP contribution in [0.2, 0.25) is 0 Å². The van der Waals surface area contributed by atoms with Gasteiger partial charge in [0.1, 0.15) is 5.82 Å². The van der Waals surface area contributed by atoms with Crippen molar-refractivity contribution in [1.29, 1.82) is 0 Å². The molecule has 2 aromatic rings. The van der Waals surface area contributed by atoms with E-state index in [1.807, 2.05) is 0 Å². The molecule has 1 atom stereocenters. The van der Waals surface area contributed by atoms with Crippen LogP contribution in [0.3, 0.4) is 0 Å². The number of aliphatic hydroxyl groups excluding tert-OH is 1. The van der Waals surface area contributed by atoms with E-state index >= 15 is 0 Å². The highest BCUT2D eigenvalue weighted by Crippen LogP contribution is 2.24. The molecule has 2 aromatic carbocycles. The van der Waals surface area contributed by atoms with Crippen LogP contribution in [-0.4, -0.2) is 10.0 Å². The number of aliphatic hydroxyl groups is 1. The molecule has 0 radical (unpaired) electrons. The first-order valence-corrected chi connectivity index (χ1v) is 6.63. The Labute approximate surface area is 123 Å². The Hall–Kier alpha value is -1.79. The van der Waals surface area contributed by atoms with Gasteiger partial charge in [0.15, 0.2) is 0 Å². The number of nitro groups is 1. The van der Waals surface area contributed by atoms with Gasteiger partial charge in [-0.25, -0.2) is 4.39 Å². The summed E-state index contributed by atoms with van der Waals surface area (Å²) in [5, 5.41) is 20.6. The molecule has 0 aliphatic carbocycles. The molecule has 1 N–H and O–H groups in total. The molecule has 0 heterocycles. The van der Waals surface area contributed by atoms with Crippen molar-refractivity contribution in [1.82, 2.24) is 0 Å². The van der Waals surface area contributed by atoms with Crippen LogP contribution in [0.4, 0.5) is 10.1 Å². The number of nitrogens with zero attached hydrogens (tertiary/aromatic N) is 1. The molecule has 0 spiro atoms. The van der Waals surface area contributed by atoms with Crippen LogP contribution in [0.15, 0.2) is 46.9 Å². The molecule has 6 heteroatoms. The van der Waals surface area contributed by atoms with Gasteiger partial charge in [0, 0.05) is 18.6 Å². The van der Waals surface area contributed by atoms with Gasteiger partial charge < -0.3 is 5.11 Å². The van der Waals surface area contributed by atoms with Crippen molar-refractivity contribution in [2.45, 2.75) is 12.5 Å². The van der Waals surface area contributed by atoms with Crippen LogP contribution < -0.4 is 0 Å². The summed E-state index contributed by atoms with van der Waals surface area (Å²) in [7, 11) is 0. The first kappa shape index (κ1) is 14.6. The van der Waals surface area contributed by atoms with Crippen molar-refractivity contribution < 1.29 is 14.4 Å². The Morgan fingerprint density at radius 2 is 1.90 bits per heavy atom. The second-order valence-electron chi connectivity index (χ2n) is 4.32. The van der Waals surface area contributed by atoms with Gasteiger partial charge in [-0.1, -0.05) is 18.2 Å². The third-order valence-electron chi connectivity index (χ3n) is 2.90. The lowest BCUT2D eigenvalue weighted by molar-refractivity contribution is -0.384. The highest BCUT2D eigenvalue weighted by molar-refractivity contribution is 9.10. The molecular formula is C14H11BrFNO3. The Kier molecular flexibility index (Phi) is 4.46. The molecule has 0 saturated heterocycles. The number of hydrogen-bond donors (Lipinski definition) is 1. The molecule has 20 heavy (non-hydrogen) atoms. The van der Waals surface area contributed by atoms with Crippen molar-refractivity contribution >= 4 is 21.6 Å². The van der Waals surface area contributed by atoms with Crippen molar-refractivity contribution in [3.05, 3.63) is 74.0 Å². The largest absolute Gasteiger partial charge is 0.388 e. The summed E-state index contributed by atoms with van der Waals surface area (Å²) in [5.74, 6) is -0.440. The van der Waals surface area contributed by atoms with E-state index in [9.17, 15) is 19.6 Å². The maximum absolute atomic E-state index is 13.4. The lowest BCUT2D eigenvalue weighted by Crippen LogP contribution is -2.02. The smallest absolute Gasteiger partial charge is 0.269 e. The quantitative estimate of drug-likeness (QED) is 0.681. The van der Waals surface area contributed by atoms with Gasteiger partial charge in [-0.2, -0.15) is 0 Å².